The molecule has 2 saturated heterocycles. The van der Waals surface area contributed by atoms with Crippen LogP contribution in [-0.2, 0) is 4.79 Å². The van der Waals surface area contributed by atoms with Gasteiger partial charge in [-0.05, 0) is 82.5 Å². The maximum Gasteiger partial charge on any atom is 0.251 e. The van der Waals surface area contributed by atoms with Crippen molar-refractivity contribution in [2.24, 2.45) is 0 Å². The van der Waals surface area contributed by atoms with Gasteiger partial charge in [0.1, 0.15) is 18.4 Å². The van der Waals surface area contributed by atoms with Crippen molar-refractivity contribution in [2.45, 2.75) is 51.1 Å². The van der Waals surface area contributed by atoms with E-state index in [2.05, 4.69) is 46.5 Å². The molecule has 0 saturated carbocycles. The maximum atomic E-state index is 12.6. The highest BCUT2D eigenvalue weighted by Crippen LogP contribution is 2.23. The molecule has 0 aromatic heterocycles. The fourth-order valence-corrected chi connectivity index (χ4v) is 4.83. The molecule has 0 spiro atoms. The van der Waals surface area contributed by atoms with Gasteiger partial charge in [-0.15, -0.1) is 0 Å². The molecular formula is C28H38N4O3. The third kappa shape index (κ3) is 6.98. The second-order valence-corrected chi connectivity index (χ2v) is 9.72. The first-order valence-electron chi connectivity index (χ1n) is 12.8. The van der Waals surface area contributed by atoms with E-state index in [9.17, 15) is 9.59 Å². The van der Waals surface area contributed by atoms with Gasteiger partial charge in [-0.1, -0.05) is 17.7 Å². The molecule has 2 aliphatic heterocycles. The van der Waals surface area contributed by atoms with Crippen molar-refractivity contribution >= 4 is 17.5 Å². The second kappa shape index (κ2) is 12.1. The number of hydrogen-bond acceptors (Lipinski definition) is 5. The molecule has 2 N–H and O–H groups in total. The van der Waals surface area contributed by atoms with Crippen LogP contribution >= 0.6 is 0 Å². The number of anilines is 1. The number of benzene rings is 2. The van der Waals surface area contributed by atoms with Gasteiger partial charge in [-0.25, -0.2) is 0 Å². The standard InChI is InChI=1S/C28H38N4O3/c1-21-6-12-25(13-7-21)35-20-19-31(2)23-14-17-32(18-15-23)24-10-8-22(9-11-24)27(33)30-26-5-3-4-16-29-28(26)34/h6-13,23,26H,3-5,14-20H2,1-2H3,(H,29,34)(H,30,33)/t26-/m0/s1. The quantitative estimate of drug-likeness (QED) is 0.609. The summed E-state index contributed by atoms with van der Waals surface area (Å²) in [5.74, 6) is 0.655. The number of piperidine rings is 1. The van der Waals surface area contributed by atoms with Gasteiger partial charge in [0, 0.05) is 43.5 Å². The lowest BCUT2D eigenvalue weighted by molar-refractivity contribution is -0.122. The first-order chi connectivity index (χ1) is 17.0. The van der Waals surface area contributed by atoms with Crippen LogP contribution in [0.5, 0.6) is 5.75 Å². The highest BCUT2D eigenvalue weighted by atomic mass is 16.5. The van der Waals surface area contributed by atoms with Crippen molar-refractivity contribution in [1.29, 1.82) is 0 Å². The number of likely N-dealkylation sites (N-methyl/N-ethyl adjacent to an activating group) is 1. The minimum absolute atomic E-state index is 0.0815. The Morgan fingerprint density at radius 3 is 2.49 bits per heavy atom. The summed E-state index contributed by atoms with van der Waals surface area (Å²) in [7, 11) is 2.18. The Kier molecular flexibility index (Phi) is 8.64. The molecule has 2 aromatic carbocycles. The van der Waals surface area contributed by atoms with E-state index in [-0.39, 0.29) is 11.8 Å². The van der Waals surface area contributed by atoms with Gasteiger partial charge in [-0.3, -0.25) is 14.5 Å². The van der Waals surface area contributed by atoms with Crippen molar-refractivity contribution in [2.75, 3.05) is 44.7 Å². The zero-order valence-electron chi connectivity index (χ0n) is 21.0. The molecule has 0 unspecified atom stereocenters. The molecule has 2 heterocycles. The molecular weight excluding hydrogens is 440 g/mol. The van der Waals surface area contributed by atoms with Crippen LogP contribution in [0.15, 0.2) is 48.5 Å². The number of hydrogen-bond donors (Lipinski definition) is 2. The van der Waals surface area contributed by atoms with E-state index in [1.807, 2.05) is 36.4 Å². The maximum absolute atomic E-state index is 12.6. The normalized spacial score (nSPS) is 19.2. The van der Waals surface area contributed by atoms with Crippen LogP contribution in [0.25, 0.3) is 0 Å². The number of nitrogens with zero attached hydrogens (tertiary/aromatic N) is 2. The van der Waals surface area contributed by atoms with Crippen molar-refractivity contribution in [3.63, 3.8) is 0 Å². The Bertz CT molecular complexity index is 969. The van der Waals surface area contributed by atoms with E-state index < -0.39 is 6.04 Å². The summed E-state index contributed by atoms with van der Waals surface area (Å²) in [6, 6.07) is 16.1. The molecule has 2 aromatic rings. The van der Waals surface area contributed by atoms with E-state index in [4.69, 9.17) is 4.74 Å². The number of aryl methyl sites for hydroxylation is 1. The van der Waals surface area contributed by atoms with Gasteiger partial charge >= 0.3 is 0 Å². The SMILES string of the molecule is Cc1ccc(OCCN(C)C2CCN(c3ccc(C(=O)N[C@H]4CCCCNC4=O)cc3)CC2)cc1. The fourth-order valence-electron chi connectivity index (χ4n) is 4.83. The van der Waals surface area contributed by atoms with Crippen molar-refractivity contribution in [1.82, 2.24) is 15.5 Å². The van der Waals surface area contributed by atoms with Crippen LogP contribution < -0.4 is 20.3 Å². The predicted molar refractivity (Wildman–Crippen MR) is 139 cm³/mol. The van der Waals surface area contributed by atoms with E-state index >= 15 is 0 Å². The third-order valence-corrected chi connectivity index (χ3v) is 7.16. The Hall–Kier alpha value is -3.06. The summed E-state index contributed by atoms with van der Waals surface area (Å²) in [6.45, 7) is 6.33. The van der Waals surface area contributed by atoms with Gasteiger partial charge < -0.3 is 20.3 Å². The van der Waals surface area contributed by atoms with Crippen molar-refractivity contribution in [3.8, 4) is 5.75 Å². The first kappa shape index (κ1) is 25.0. The molecule has 2 amide bonds. The van der Waals surface area contributed by atoms with Gasteiger partial charge in [0.15, 0.2) is 0 Å². The summed E-state index contributed by atoms with van der Waals surface area (Å²) >= 11 is 0. The monoisotopic (exact) mass is 478 g/mol. The molecule has 4 rings (SSSR count). The molecule has 35 heavy (non-hydrogen) atoms. The third-order valence-electron chi connectivity index (χ3n) is 7.16. The Morgan fingerprint density at radius 2 is 1.77 bits per heavy atom. The van der Waals surface area contributed by atoms with Gasteiger partial charge in [0.2, 0.25) is 5.91 Å². The van der Waals surface area contributed by atoms with Crippen LogP contribution in [0.4, 0.5) is 5.69 Å². The Morgan fingerprint density at radius 1 is 1.06 bits per heavy atom. The molecule has 7 nitrogen and oxygen atoms in total. The lowest BCUT2D eigenvalue weighted by Gasteiger charge is -2.38. The molecule has 7 heteroatoms. The number of ether oxygens (including phenoxy) is 1. The van der Waals surface area contributed by atoms with Crippen LogP contribution in [0.3, 0.4) is 0 Å². The average Bonchev–Trinajstić information content (AvgIpc) is 3.09. The molecule has 1 atom stereocenters. The van der Waals surface area contributed by atoms with Gasteiger partial charge in [0.05, 0.1) is 0 Å². The largest absolute Gasteiger partial charge is 0.492 e. The number of carbonyl (C=O) groups excluding carboxylic acids is 2. The van der Waals surface area contributed by atoms with Crippen LogP contribution in [0.2, 0.25) is 0 Å². The topological polar surface area (TPSA) is 73.9 Å². The van der Waals surface area contributed by atoms with Crippen molar-refractivity contribution in [3.05, 3.63) is 59.7 Å². The predicted octanol–water partition coefficient (Wildman–Crippen LogP) is 3.37. The lowest BCUT2D eigenvalue weighted by atomic mass is 10.0. The number of nitrogens with one attached hydrogen (secondary N) is 2. The smallest absolute Gasteiger partial charge is 0.251 e. The van der Waals surface area contributed by atoms with Gasteiger partial charge in [0.25, 0.3) is 5.91 Å². The molecule has 0 bridgehead atoms. The molecule has 0 aliphatic carbocycles. The average molecular weight is 479 g/mol. The molecule has 2 fully saturated rings. The zero-order valence-corrected chi connectivity index (χ0v) is 21.0. The first-order valence-corrected chi connectivity index (χ1v) is 12.8. The van der Waals surface area contributed by atoms with Crippen LogP contribution in [0, 0.1) is 6.92 Å². The summed E-state index contributed by atoms with van der Waals surface area (Å²) in [4.78, 5) is 29.5. The van der Waals surface area contributed by atoms with E-state index in [1.54, 1.807) is 0 Å². The number of carbonyl (C=O) groups is 2. The summed E-state index contributed by atoms with van der Waals surface area (Å²) < 4.78 is 5.90. The molecule has 0 radical (unpaired) electrons. The zero-order chi connectivity index (χ0) is 24.6. The van der Waals surface area contributed by atoms with E-state index in [0.29, 0.717) is 31.2 Å². The lowest BCUT2D eigenvalue weighted by Crippen LogP contribution is -2.45. The fraction of sp³-hybridized carbons (Fsp3) is 0.500. The number of rotatable bonds is 8. The minimum atomic E-state index is -0.442. The Labute approximate surface area is 208 Å². The highest BCUT2D eigenvalue weighted by Gasteiger charge is 2.24. The van der Waals surface area contributed by atoms with E-state index in [1.165, 1.54) is 5.56 Å². The van der Waals surface area contributed by atoms with E-state index in [0.717, 1.165) is 56.8 Å². The summed E-state index contributed by atoms with van der Waals surface area (Å²) in [5, 5.41) is 5.76. The molecule has 2 aliphatic rings. The number of amides is 2. The minimum Gasteiger partial charge on any atom is -0.492 e. The Balaban J connectivity index is 1.21. The van der Waals surface area contributed by atoms with Gasteiger partial charge in [-0.2, -0.15) is 0 Å². The van der Waals surface area contributed by atoms with Crippen LogP contribution in [0.1, 0.15) is 48.0 Å². The van der Waals surface area contributed by atoms with Crippen molar-refractivity contribution < 1.29 is 14.3 Å². The molecule has 188 valence electrons. The summed E-state index contributed by atoms with van der Waals surface area (Å²) in [5.41, 5.74) is 2.97. The summed E-state index contributed by atoms with van der Waals surface area (Å²) in [6.07, 6.45) is 4.78. The second-order valence-electron chi connectivity index (χ2n) is 9.72. The highest BCUT2D eigenvalue weighted by molar-refractivity contribution is 5.97. The van der Waals surface area contributed by atoms with Crippen LogP contribution in [-0.4, -0.2) is 68.6 Å².